The third kappa shape index (κ3) is 5.55. The summed E-state index contributed by atoms with van der Waals surface area (Å²) in [6.45, 7) is 9.83. The molecule has 1 aromatic rings. The number of aromatic nitrogens is 2. The van der Waals surface area contributed by atoms with Gasteiger partial charge in [-0.15, -0.1) is 0 Å². The Hall–Kier alpha value is -2.44. The van der Waals surface area contributed by atoms with Gasteiger partial charge in [0.15, 0.2) is 6.61 Å². The molecule has 136 valence electrons. The van der Waals surface area contributed by atoms with Crippen molar-refractivity contribution in [3.8, 4) is 0 Å². The lowest BCUT2D eigenvalue weighted by Gasteiger charge is -2.30. The first kappa shape index (κ1) is 18.9. The Morgan fingerprint density at radius 2 is 1.96 bits per heavy atom. The van der Waals surface area contributed by atoms with Crippen LogP contribution in [0.4, 0.5) is 5.95 Å². The molecule has 1 aliphatic heterocycles. The number of nitrogens with zero attached hydrogens (tertiary/aromatic N) is 4. The second-order valence-electron chi connectivity index (χ2n) is 6.28. The number of carbonyl (C=O) groups excluding carboxylic acids is 2. The van der Waals surface area contributed by atoms with Gasteiger partial charge in [-0.25, -0.2) is 9.97 Å². The molecule has 0 aliphatic carbocycles. The van der Waals surface area contributed by atoms with Crippen LogP contribution in [0.2, 0.25) is 0 Å². The maximum absolute atomic E-state index is 12.2. The second-order valence-corrected chi connectivity index (χ2v) is 6.28. The first-order chi connectivity index (χ1) is 12.0. The Balaban J connectivity index is 1.77. The van der Waals surface area contributed by atoms with Gasteiger partial charge in [-0.3, -0.25) is 9.59 Å². The van der Waals surface area contributed by atoms with Crippen LogP contribution < -0.4 is 4.90 Å². The molecule has 1 aliphatic rings. The van der Waals surface area contributed by atoms with E-state index in [2.05, 4.69) is 21.4 Å². The van der Waals surface area contributed by atoms with E-state index in [0.29, 0.717) is 45.0 Å². The van der Waals surface area contributed by atoms with Crippen LogP contribution in [-0.4, -0.2) is 59.5 Å². The van der Waals surface area contributed by atoms with E-state index >= 15 is 0 Å². The molecule has 0 radical (unpaired) electrons. The summed E-state index contributed by atoms with van der Waals surface area (Å²) in [6, 6.07) is 1.78. The molecule has 0 saturated carbocycles. The lowest BCUT2D eigenvalue weighted by atomic mass is 9.97. The number of anilines is 1. The van der Waals surface area contributed by atoms with Crippen LogP contribution in [-0.2, 0) is 14.3 Å². The minimum absolute atomic E-state index is 0.177. The van der Waals surface area contributed by atoms with Gasteiger partial charge >= 0.3 is 5.97 Å². The Kier molecular flexibility index (Phi) is 6.91. The van der Waals surface area contributed by atoms with Crippen LogP contribution >= 0.6 is 0 Å². The highest BCUT2D eigenvalue weighted by molar-refractivity contribution is 5.81. The molecule has 0 bridgehead atoms. The number of piperidine rings is 1. The maximum atomic E-state index is 12.2. The van der Waals surface area contributed by atoms with Gasteiger partial charge in [-0.1, -0.05) is 12.2 Å². The van der Waals surface area contributed by atoms with Crippen molar-refractivity contribution in [1.82, 2.24) is 14.9 Å². The topological polar surface area (TPSA) is 75.6 Å². The van der Waals surface area contributed by atoms with Gasteiger partial charge in [0.1, 0.15) is 0 Å². The lowest BCUT2D eigenvalue weighted by Crippen LogP contribution is -2.39. The monoisotopic (exact) mass is 346 g/mol. The van der Waals surface area contributed by atoms with E-state index in [1.54, 1.807) is 23.4 Å². The fraction of sp³-hybridized carbons (Fsp3) is 0.556. The van der Waals surface area contributed by atoms with Crippen molar-refractivity contribution in [3.63, 3.8) is 0 Å². The predicted molar refractivity (Wildman–Crippen MR) is 95.0 cm³/mol. The van der Waals surface area contributed by atoms with E-state index in [1.807, 2.05) is 13.8 Å². The molecule has 0 N–H and O–H groups in total. The summed E-state index contributed by atoms with van der Waals surface area (Å²) in [5.41, 5.74) is 0.900. The molecular weight excluding hydrogens is 320 g/mol. The summed E-state index contributed by atoms with van der Waals surface area (Å²) in [5.74, 6) is 0.0224. The number of amides is 1. The first-order valence-electron chi connectivity index (χ1n) is 8.62. The molecule has 2 heterocycles. The molecule has 1 saturated heterocycles. The number of likely N-dealkylation sites (N-methyl/N-ethyl adjacent to an activating group) is 1. The fourth-order valence-electron chi connectivity index (χ4n) is 2.81. The van der Waals surface area contributed by atoms with Crippen molar-refractivity contribution in [2.75, 3.05) is 37.7 Å². The number of rotatable bonds is 7. The molecule has 25 heavy (non-hydrogen) atoms. The Bertz CT molecular complexity index is 598. The Morgan fingerprint density at radius 3 is 2.52 bits per heavy atom. The fourth-order valence-corrected chi connectivity index (χ4v) is 2.81. The quantitative estimate of drug-likeness (QED) is 0.552. The molecule has 7 heteroatoms. The molecule has 0 aromatic carbocycles. The Morgan fingerprint density at radius 1 is 1.32 bits per heavy atom. The van der Waals surface area contributed by atoms with E-state index in [0.717, 1.165) is 5.57 Å². The second kappa shape index (κ2) is 9.15. The summed E-state index contributed by atoms with van der Waals surface area (Å²) in [4.78, 5) is 36.5. The van der Waals surface area contributed by atoms with Crippen LogP contribution in [0.15, 0.2) is 30.6 Å². The van der Waals surface area contributed by atoms with Crippen molar-refractivity contribution >= 4 is 17.8 Å². The van der Waals surface area contributed by atoms with Crippen molar-refractivity contribution in [2.24, 2.45) is 5.92 Å². The molecule has 1 aromatic heterocycles. The minimum Gasteiger partial charge on any atom is -0.455 e. The number of ether oxygens (including phenoxy) is 1. The average molecular weight is 346 g/mol. The van der Waals surface area contributed by atoms with Gasteiger partial charge in [0.2, 0.25) is 5.95 Å². The molecule has 1 fully saturated rings. The van der Waals surface area contributed by atoms with Crippen molar-refractivity contribution in [3.05, 3.63) is 30.6 Å². The molecule has 0 unspecified atom stereocenters. The number of hydrogen-bond donors (Lipinski definition) is 0. The van der Waals surface area contributed by atoms with E-state index in [1.165, 1.54) is 0 Å². The molecular formula is C18H26N4O3. The molecule has 2 rings (SSSR count). The van der Waals surface area contributed by atoms with Crippen molar-refractivity contribution in [2.45, 2.75) is 26.7 Å². The van der Waals surface area contributed by atoms with Crippen LogP contribution in [0.3, 0.4) is 0 Å². The van der Waals surface area contributed by atoms with Crippen molar-refractivity contribution in [1.29, 1.82) is 0 Å². The van der Waals surface area contributed by atoms with Crippen LogP contribution in [0.1, 0.15) is 26.7 Å². The largest absolute Gasteiger partial charge is 0.455 e. The molecule has 7 nitrogen and oxygen atoms in total. The predicted octanol–water partition coefficient (Wildman–Crippen LogP) is 1.66. The highest BCUT2D eigenvalue weighted by Crippen LogP contribution is 2.21. The zero-order valence-corrected chi connectivity index (χ0v) is 15.0. The highest BCUT2D eigenvalue weighted by Gasteiger charge is 2.28. The summed E-state index contributed by atoms with van der Waals surface area (Å²) in [7, 11) is 0. The average Bonchev–Trinajstić information content (AvgIpc) is 2.64. The number of hydrogen-bond acceptors (Lipinski definition) is 6. The minimum atomic E-state index is -0.298. The van der Waals surface area contributed by atoms with Crippen molar-refractivity contribution < 1.29 is 14.3 Å². The van der Waals surface area contributed by atoms with Gasteiger partial charge in [0, 0.05) is 38.6 Å². The maximum Gasteiger partial charge on any atom is 0.309 e. The van der Waals surface area contributed by atoms with Gasteiger partial charge in [-0.05, 0) is 32.8 Å². The van der Waals surface area contributed by atoms with Crippen LogP contribution in [0.5, 0.6) is 0 Å². The van der Waals surface area contributed by atoms with Gasteiger partial charge < -0.3 is 14.5 Å². The summed E-state index contributed by atoms with van der Waals surface area (Å²) >= 11 is 0. The Labute approximate surface area is 148 Å². The van der Waals surface area contributed by atoms with E-state index < -0.39 is 0 Å². The summed E-state index contributed by atoms with van der Waals surface area (Å²) in [5, 5.41) is 0. The molecule has 0 spiro atoms. The molecule has 0 atom stereocenters. The SMILES string of the molecule is C=C(C)CN(CC)C(=O)COC(=O)C1CCN(c2ncccn2)CC1. The van der Waals surface area contributed by atoms with Gasteiger partial charge in [0.25, 0.3) is 5.91 Å². The van der Waals surface area contributed by atoms with E-state index in [-0.39, 0.29) is 24.4 Å². The number of carbonyl (C=O) groups is 2. The molecule has 1 amide bonds. The zero-order valence-electron chi connectivity index (χ0n) is 15.0. The summed E-state index contributed by atoms with van der Waals surface area (Å²) < 4.78 is 5.24. The van der Waals surface area contributed by atoms with Gasteiger partial charge in [-0.2, -0.15) is 0 Å². The standard InChI is InChI=1S/C18H26N4O3/c1-4-21(12-14(2)3)16(23)13-25-17(24)15-6-10-22(11-7-15)18-19-8-5-9-20-18/h5,8-9,15H,2,4,6-7,10-13H2,1,3H3. The third-order valence-corrected chi connectivity index (χ3v) is 4.20. The van der Waals surface area contributed by atoms with Crippen LogP contribution in [0, 0.1) is 5.92 Å². The first-order valence-corrected chi connectivity index (χ1v) is 8.62. The summed E-state index contributed by atoms with van der Waals surface area (Å²) in [6.07, 6.45) is 4.76. The van der Waals surface area contributed by atoms with E-state index in [9.17, 15) is 9.59 Å². The zero-order chi connectivity index (χ0) is 18.2. The number of esters is 1. The van der Waals surface area contributed by atoms with Crippen LogP contribution in [0.25, 0.3) is 0 Å². The lowest BCUT2D eigenvalue weighted by molar-refractivity contribution is -0.155. The highest BCUT2D eigenvalue weighted by atomic mass is 16.5. The normalized spacial score (nSPS) is 14.9. The van der Waals surface area contributed by atoms with E-state index in [4.69, 9.17) is 4.74 Å². The van der Waals surface area contributed by atoms with Gasteiger partial charge in [0.05, 0.1) is 5.92 Å². The third-order valence-electron chi connectivity index (χ3n) is 4.20. The smallest absolute Gasteiger partial charge is 0.309 e.